The number of nitrogens with zero attached hydrogens (tertiary/aromatic N) is 2. The summed E-state index contributed by atoms with van der Waals surface area (Å²) in [5, 5.41) is 8.83. The second-order valence-electron chi connectivity index (χ2n) is 6.34. The van der Waals surface area contributed by atoms with Crippen LogP contribution in [0.1, 0.15) is 0 Å². The van der Waals surface area contributed by atoms with Gasteiger partial charge in [-0.15, -0.1) is 6.58 Å². The van der Waals surface area contributed by atoms with Gasteiger partial charge in [0.05, 0.1) is 31.6 Å². The van der Waals surface area contributed by atoms with Gasteiger partial charge in [-0.2, -0.15) is 0 Å². The second kappa shape index (κ2) is 7.77. The van der Waals surface area contributed by atoms with E-state index in [1.54, 1.807) is 24.6 Å². The van der Waals surface area contributed by atoms with Crippen molar-refractivity contribution in [3.05, 3.63) is 43.3 Å². The molecule has 0 aliphatic carbocycles. The molecule has 2 amide bonds. The predicted octanol–water partition coefficient (Wildman–Crippen LogP) is 1.17. The van der Waals surface area contributed by atoms with Gasteiger partial charge in [-0.1, -0.05) is 6.08 Å². The third-order valence-corrected chi connectivity index (χ3v) is 4.52. The van der Waals surface area contributed by atoms with E-state index in [2.05, 4.69) is 32.5 Å². The Hall–Kier alpha value is -2.91. The van der Waals surface area contributed by atoms with E-state index in [9.17, 15) is 4.79 Å². The van der Waals surface area contributed by atoms with Gasteiger partial charge in [0.15, 0.2) is 5.76 Å². The van der Waals surface area contributed by atoms with Crippen LogP contribution in [-0.4, -0.2) is 60.0 Å². The molecule has 142 valence electrons. The topological polar surface area (TPSA) is 111 Å². The first kappa shape index (κ1) is 17.5. The molecule has 4 heterocycles. The first-order chi connectivity index (χ1) is 13.2. The van der Waals surface area contributed by atoms with Crippen LogP contribution >= 0.6 is 0 Å². The molecule has 2 fully saturated rings. The molecule has 0 saturated carbocycles. The van der Waals surface area contributed by atoms with Crippen LogP contribution in [0.15, 0.2) is 47.7 Å². The van der Waals surface area contributed by atoms with Gasteiger partial charge in [-0.3, -0.25) is 0 Å². The van der Waals surface area contributed by atoms with E-state index < -0.39 is 0 Å². The Morgan fingerprint density at radius 3 is 2.85 bits per heavy atom. The number of anilines is 1. The van der Waals surface area contributed by atoms with E-state index >= 15 is 0 Å². The fourth-order valence-corrected chi connectivity index (χ4v) is 3.29. The van der Waals surface area contributed by atoms with Crippen molar-refractivity contribution in [1.29, 1.82) is 0 Å². The van der Waals surface area contributed by atoms with Crippen molar-refractivity contribution in [2.24, 2.45) is 0 Å². The van der Waals surface area contributed by atoms with Crippen LogP contribution in [0.2, 0.25) is 0 Å². The SMILES string of the molecule is C=CCNC(=O)NC1COC2C(Nc3nccc(-c4ccco4)n3)COC12. The molecule has 2 aliphatic rings. The van der Waals surface area contributed by atoms with Crippen molar-refractivity contribution < 1.29 is 18.7 Å². The van der Waals surface area contributed by atoms with Crippen molar-refractivity contribution in [3.8, 4) is 11.5 Å². The zero-order valence-electron chi connectivity index (χ0n) is 14.6. The van der Waals surface area contributed by atoms with E-state index in [1.807, 2.05) is 12.1 Å². The molecule has 4 rings (SSSR count). The van der Waals surface area contributed by atoms with Crippen molar-refractivity contribution in [3.63, 3.8) is 0 Å². The van der Waals surface area contributed by atoms with Gasteiger partial charge in [0, 0.05) is 12.7 Å². The Bertz CT molecular complexity index is 797. The standard InChI is InChI=1S/C18H21N5O4/c1-2-6-20-18(24)23-13-10-27-15-12(9-26-16(13)15)22-17-19-7-5-11(21-17)14-4-3-8-25-14/h2-5,7-8,12-13,15-16H,1,6,9-10H2,(H,19,21,22)(H2,20,23,24). The predicted molar refractivity (Wildman–Crippen MR) is 97.1 cm³/mol. The smallest absolute Gasteiger partial charge is 0.315 e. The van der Waals surface area contributed by atoms with Crippen LogP contribution in [-0.2, 0) is 9.47 Å². The van der Waals surface area contributed by atoms with E-state index in [0.29, 0.717) is 37.2 Å². The maximum absolute atomic E-state index is 11.8. The molecule has 2 aromatic heterocycles. The Balaban J connectivity index is 1.37. The maximum Gasteiger partial charge on any atom is 0.315 e. The van der Waals surface area contributed by atoms with Crippen molar-refractivity contribution in [2.75, 3.05) is 25.1 Å². The van der Waals surface area contributed by atoms with Gasteiger partial charge in [0.25, 0.3) is 0 Å². The number of ether oxygens (including phenoxy) is 2. The molecule has 2 aromatic rings. The molecule has 9 heteroatoms. The van der Waals surface area contributed by atoms with Crippen molar-refractivity contribution in [2.45, 2.75) is 24.3 Å². The highest BCUT2D eigenvalue weighted by Gasteiger charge is 2.48. The third-order valence-electron chi connectivity index (χ3n) is 4.52. The zero-order chi connectivity index (χ0) is 18.6. The summed E-state index contributed by atoms with van der Waals surface area (Å²) >= 11 is 0. The van der Waals surface area contributed by atoms with Gasteiger partial charge < -0.3 is 29.8 Å². The molecule has 2 aliphatic heterocycles. The number of furan rings is 1. The van der Waals surface area contributed by atoms with Gasteiger partial charge in [-0.05, 0) is 18.2 Å². The largest absolute Gasteiger partial charge is 0.463 e. The fraction of sp³-hybridized carbons (Fsp3) is 0.389. The molecule has 0 spiro atoms. The van der Waals surface area contributed by atoms with Crippen LogP contribution in [0.3, 0.4) is 0 Å². The Labute approximate surface area is 156 Å². The lowest BCUT2D eigenvalue weighted by Crippen LogP contribution is -2.48. The zero-order valence-corrected chi connectivity index (χ0v) is 14.6. The van der Waals surface area contributed by atoms with E-state index in [4.69, 9.17) is 13.9 Å². The molecule has 3 N–H and O–H groups in total. The number of amides is 2. The van der Waals surface area contributed by atoms with Gasteiger partial charge >= 0.3 is 6.03 Å². The van der Waals surface area contributed by atoms with Gasteiger partial charge in [-0.25, -0.2) is 14.8 Å². The van der Waals surface area contributed by atoms with Crippen LogP contribution < -0.4 is 16.0 Å². The summed E-state index contributed by atoms with van der Waals surface area (Å²) in [5.74, 6) is 1.15. The first-order valence-electron chi connectivity index (χ1n) is 8.76. The molecule has 9 nitrogen and oxygen atoms in total. The maximum atomic E-state index is 11.8. The number of nitrogens with one attached hydrogen (secondary N) is 3. The lowest BCUT2D eigenvalue weighted by molar-refractivity contribution is 0.0682. The quantitative estimate of drug-likeness (QED) is 0.654. The minimum absolute atomic E-state index is 0.107. The number of fused-ring (bicyclic) bond motifs is 1. The van der Waals surface area contributed by atoms with E-state index in [1.165, 1.54) is 0 Å². The van der Waals surface area contributed by atoms with Crippen LogP contribution in [0.4, 0.5) is 10.7 Å². The summed E-state index contributed by atoms with van der Waals surface area (Å²) in [6.07, 6.45) is 4.49. The lowest BCUT2D eigenvalue weighted by atomic mass is 10.1. The Morgan fingerprint density at radius 2 is 2.07 bits per heavy atom. The fourth-order valence-electron chi connectivity index (χ4n) is 3.29. The van der Waals surface area contributed by atoms with Crippen LogP contribution in [0.25, 0.3) is 11.5 Å². The summed E-state index contributed by atoms with van der Waals surface area (Å²) in [6.45, 7) is 4.81. The Morgan fingerprint density at radius 1 is 1.26 bits per heavy atom. The van der Waals surface area contributed by atoms with Crippen LogP contribution in [0, 0.1) is 0 Å². The van der Waals surface area contributed by atoms with Gasteiger partial charge in [0.1, 0.15) is 17.9 Å². The minimum atomic E-state index is -0.265. The van der Waals surface area contributed by atoms with Gasteiger partial charge in [0.2, 0.25) is 5.95 Å². The third kappa shape index (κ3) is 3.79. The number of carbonyl (C=O) groups is 1. The number of urea groups is 1. The highest BCUT2D eigenvalue weighted by atomic mass is 16.6. The van der Waals surface area contributed by atoms with E-state index in [-0.39, 0.29) is 30.3 Å². The number of hydrogen-bond acceptors (Lipinski definition) is 7. The molecular weight excluding hydrogens is 350 g/mol. The van der Waals surface area contributed by atoms with Crippen molar-refractivity contribution in [1.82, 2.24) is 20.6 Å². The number of hydrogen-bond donors (Lipinski definition) is 3. The molecule has 0 aromatic carbocycles. The molecule has 0 bridgehead atoms. The number of rotatable bonds is 6. The average Bonchev–Trinajstić information content (AvgIpc) is 3.41. The summed E-state index contributed by atoms with van der Waals surface area (Å²) in [7, 11) is 0. The molecule has 4 unspecified atom stereocenters. The molecule has 0 radical (unpaired) electrons. The monoisotopic (exact) mass is 371 g/mol. The Kier molecular flexibility index (Phi) is 5.03. The minimum Gasteiger partial charge on any atom is -0.463 e. The summed E-state index contributed by atoms with van der Waals surface area (Å²) in [4.78, 5) is 20.6. The second-order valence-corrected chi connectivity index (χ2v) is 6.34. The summed E-state index contributed by atoms with van der Waals surface area (Å²) in [5.41, 5.74) is 0.693. The van der Waals surface area contributed by atoms with Crippen LogP contribution in [0.5, 0.6) is 0 Å². The normalized spacial score (nSPS) is 26.4. The summed E-state index contributed by atoms with van der Waals surface area (Å²) < 4.78 is 17.1. The molecule has 2 saturated heterocycles. The lowest BCUT2D eigenvalue weighted by Gasteiger charge is -2.18. The van der Waals surface area contributed by atoms with E-state index in [0.717, 1.165) is 0 Å². The molecule has 4 atom stereocenters. The summed E-state index contributed by atoms with van der Waals surface area (Å²) in [6, 6.07) is 4.86. The highest BCUT2D eigenvalue weighted by Crippen LogP contribution is 2.29. The number of aromatic nitrogens is 2. The highest BCUT2D eigenvalue weighted by molar-refractivity contribution is 5.74. The molecule has 27 heavy (non-hydrogen) atoms. The van der Waals surface area contributed by atoms with Crippen molar-refractivity contribution >= 4 is 12.0 Å². The average molecular weight is 371 g/mol. The number of carbonyl (C=O) groups excluding carboxylic acids is 1. The molecular formula is C18H21N5O4. The first-order valence-corrected chi connectivity index (χ1v) is 8.76.